The number of rotatable bonds is 4. The summed E-state index contributed by atoms with van der Waals surface area (Å²) in [5.41, 5.74) is 0.763. The highest BCUT2D eigenvalue weighted by molar-refractivity contribution is 4.87. The molecule has 1 saturated heterocycles. The lowest BCUT2D eigenvalue weighted by Crippen LogP contribution is -2.54. The lowest BCUT2D eigenvalue weighted by molar-refractivity contribution is -0.0975. The van der Waals surface area contributed by atoms with Gasteiger partial charge in [0.25, 0.3) is 0 Å². The van der Waals surface area contributed by atoms with E-state index in [0.717, 1.165) is 13.1 Å². The van der Waals surface area contributed by atoms with Crippen molar-refractivity contribution >= 4 is 0 Å². The zero-order valence-corrected chi connectivity index (χ0v) is 13.5. The second-order valence-corrected chi connectivity index (χ2v) is 7.89. The average molecular weight is 255 g/mol. The highest BCUT2D eigenvalue weighted by atomic mass is 16.5. The van der Waals surface area contributed by atoms with E-state index in [9.17, 15) is 0 Å². The highest BCUT2D eigenvalue weighted by Gasteiger charge is 2.32. The maximum atomic E-state index is 5.83. The first kappa shape index (κ1) is 16.0. The molecule has 1 heterocycles. The van der Waals surface area contributed by atoms with Gasteiger partial charge in [0.05, 0.1) is 12.2 Å². The van der Waals surface area contributed by atoms with Gasteiger partial charge in [-0.3, -0.25) is 4.90 Å². The molecule has 2 unspecified atom stereocenters. The van der Waals surface area contributed by atoms with E-state index in [1.165, 1.54) is 19.3 Å². The van der Waals surface area contributed by atoms with E-state index in [1.54, 1.807) is 0 Å². The molecule has 0 saturated carbocycles. The van der Waals surface area contributed by atoms with E-state index in [1.807, 2.05) is 0 Å². The Bertz CT molecular complexity index is 244. The van der Waals surface area contributed by atoms with Gasteiger partial charge in [-0.2, -0.15) is 0 Å². The Morgan fingerprint density at radius 3 is 1.89 bits per heavy atom. The number of morpholine rings is 1. The van der Waals surface area contributed by atoms with Gasteiger partial charge >= 0.3 is 0 Å². The summed E-state index contributed by atoms with van der Waals surface area (Å²) >= 11 is 0. The van der Waals surface area contributed by atoms with Crippen molar-refractivity contribution in [3.8, 4) is 0 Å². The molecule has 18 heavy (non-hydrogen) atoms. The maximum absolute atomic E-state index is 5.83. The van der Waals surface area contributed by atoms with E-state index < -0.39 is 0 Å². The fourth-order valence-electron chi connectivity index (χ4n) is 2.88. The van der Waals surface area contributed by atoms with Crippen LogP contribution in [0.15, 0.2) is 0 Å². The van der Waals surface area contributed by atoms with Crippen LogP contribution in [0.4, 0.5) is 0 Å². The summed E-state index contributed by atoms with van der Waals surface area (Å²) in [4.78, 5) is 2.62. The van der Waals surface area contributed by atoms with E-state index in [2.05, 4.69) is 53.4 Å². The summed E-state index contributed by atoms with van der Waals surface area (Å²) in [5.74, 6) is 0. The summed E-state index contributed by atoms with van der Waals surface area (Å²) in [5, 5.41) is 0. The van der Waals surface area contributed by atoms with Crippen molar-refractivity contribution in [2.75, 3.05) is 13.1 Å². The van der Waals surface area contributed by atoms with Crippen LogP contribution in [0.3, 0.4) is 0 Å². The molecule has 2 heteroatoms. The number of hydrogen-bond donors (Lipinski definition) is 0. The first-order valence-corrected chi connectivity index (χ1v) is 7.51. The molecule has 0 amide bonds. The lowest BCUT2D eigenvalue weighted by atomic mass is 9.85. The van der Waals surface area contributed by atoms with Gasteiger partial charge in [-0.15, -0.1) is 0 Å². The second kappa shape index (κ2) is 5.92. The molecule has 2 atom stereocenters. The van der Waals surface area contributed by atoms with Crippen molar-refractivity contribution in [3.63, 3.8) is 0 Å². The topological polar surface area (TPSA) is 12.5 Å². The minimum Gasteiger partial charge on any atom is -0.373 e. The van der Waals surface area contributed by atoms with Gasteiger partial charge in [0.15, 0.2) is 0 Å². The standard InChI is InChI=1S/C16H33NO/c1-13-11-17(12-14(2)18-13)16(6,7)10-8-9-15(3,4)5/h13-14H,8-12H2,1-7H3. The van der Waals surface area contributed by atoms with Crippen LogP contribution < -0.4 is 0 Å². The van der Waals surface area contributed by atoms with Crippen LogP contribution >= 0.6 is 0 Å². The SMILES string of the molecule is CC1CN(C(C)(C)CCCC(C)(C)C)CC(C)O1. The molecule has 1 aliphatic heterocycles. The van der Waals surface area contributed by atoms with E-state index in [-0.39, 0.29) is 0 Å². The van der Waals surface area contributed by atoms with Crippen LogP contribution in [0.2, 0.25) is 0 Å². The van der Waals surface area contributed by atoms with Gasteiger partial charge in [-0.25, -0.2) is 0 Å². The Labute approximate surface area is 114 Å². The van der Waals surface area contributed by atoms with Crippen LogP contribution in [-0.2, 0) is 4.74 Å². The maximum Gasteiger partial charge on any atom is 0.0678 e. The van der Waals surface area contributed by atoms with Crippen LogP contribution in [-0.4, -0.2) is 35.7 Å². The molecule has 0 aromatic heterocycles. The molecule has 1 fully saturated rings. The Hall–Kier alpha value is -0.0800. The van der Waals surface area contributed by atoms with Crippen LogP contribution in [0, 0.1) is 5.41 Å². The van der Waals surface area contributed by atoms with Crippen molar-refractivity contribution in [2.24, 2.45) is 5.41 Å². The molecule has 0 spiro atoms. The molecule has 108 valence electrons. The highest BCUT2D eigenvalue weighted by Crippen LogP contribution is 2.29. The third kappa shape index (κ3) is 5.27. The molecule has 2 nitrogen and oxygen atoms in total. The lowest BCUT2D eigenvalue weighted by Gasteiger charge is -2.45. The third-order valence-corrected chi connectivity index (χ3v) is 3.99. The van der Waals surface area contributed by atoms with Gasteiger partial charge in [0, 0.05) is 18.6 Å². The zero-order valence-electron chi connectivity index (χ0n) is 13.5. The van der Waals surface area contributed by atoms with Crippen molar-refractivity contribution in [1.82, 2.24) is 4.90 Å². The minimum atomic E-state index is 0.303. The molecule has 1 rings (SSSR count). The first-order chi connectivity index (χ1) is 8.10. The Kier molecular flexibility index (Phi) is 5.25. The molecule has 0 bridgehead atoms. The van der Waals surface area contributed by atoms with Crippen LogP contribution in [0.25, 0.3) is 0 Å². The van der Waals surface area contributed by atoms with E-state index in [4.69, 9.17) is 4.74 Å². The van der Waals surface area contributed by atoms with Gasteiger partial charge in [0.2, 0.25) is 0 Å². The molecule has 1 aliphatic rings. The smallest absolute Gasteiger partial charge is 0.0678 e. The number of nitrogens with zero attached hydrogens (tertiary/aromatic N) is 1. The Balaban J connectivity index is 2.46. The van der Waals surface area contributed by atoms with Crippen LogP contribution in [0.5, 0.6) is 0 Å². The van der Waals surface area contributed by atoms with E-state index in [0.29, 0.717) is 23.2 Å². The van der Waals surface area contributed by atoms with Gasteiger partial charge in [-0.05, 0) is 46.0 Å². The predicted molar refractivity (Wildman–Crippen MR) is 79.0 cm³/mol. The average Bonchev–Trinajstić information content (AvgIpc) is 2.13. The van der Waals surface area contributed by atoms with Gasteiger partial charge in [0.1, 0.15) is 0 Å². The Morgan fingerprint density at radius 2 is 1.44 bits per heavy atom. The quantitative estimate of drug-likeness (QED) is 0.750. The Morgan fingerprint density at radius 1 is 0.944 bits per heavy atom. The fourth-order valence-corrected chi connectivity index (χ4v) is 2.88. The molecule has 0 aliphatic carbocycles. The third-order valence-electron chi connectivity index (χ3n) is 3.99. The largest absolute Gasteiger partial charge is 0.373 e. The van der Waals surface area contributed by atoms with Crippen molar-refractivity contribution in [2.45, 2.75) is 85.5 Å². The zero-order chi connectivity index (χ0) is 14.0. The summed E-state index contributed by atoms with van der Waals surface area (Å²) in [7, 11) is 0. The molecular weight excluding hydrogens is 222 g/mol. The van der Waals surface area contributed by atoms with E-state index >= 15 is 0 Å². The normalized spacial score (nSPS) is 27.5. The first-order valence-electron chi connectivity index (χ1n) is 7.51. The molecular formula is C16H33NO. The van der Waals surface area contributed by atoms with Crippen LogP contribution in [0.1, 0.15) is 67.7 Å². The monoisotopic (exact) mass is 255 g/mol. The van der Waals surface area contributed by atoms with Crippen molar-refractivity contribution < 1.29 is 4.74 Å². The fraction of sp³-hybridized carbons (Fsp3) is 1.00. The molecule has 0 N–H and O–H groups in total. The number of hydrogen-bond acceptors (Lipinski definition) is 2. The number of ether oxygens (including phenoxy) is 1. The minimum absolute atomic E-state index is 0.303. The van der Waals surface area contributed by atoms with Gasteiger partial charge < -0.3 is 4.74 Å². The summed E-state index contributed by atoms with van der Waals surface area (Å²) < 4.78 is 5.83. The predicted octanol–water partition coefficient (Wildman–Crippen LogP) is 4.09. The van der Waals surface area contributed by atoms with Gasteiger partial charge in [-0.1, -0.05) is 27.2 Å². The summed E-state index contributed by atoms with van der Waals surface area (Å²) in [6, 6.07) is 0. The van der Waals surface area contributed by atoms with Crippen molar-refractivity contribution in [3.05, 3.63) is 0 Å². The second-order valence-electron chi connectivity index (χ2n) is 7.89. The molecule has 0 radical (unpaired) electrons. The summed E-state index contributed by atoms with van der Waals surface area (Å²) in [6.07, 6.45) is 4.65. The van der Waals surface area contributed by atoms with Crippen molar-refractivity contribution in [1.29, 1.82) is 0 Å². The molecule has 0 aromatic carbocycles. The molecule has 0 aromatic rings. The summed E-state index contributed by atoms with van der Waals surface area (Å²) in [6.45, 7) is 18.3.